The van der Waals surface area contributed by atoms with Gasteiger partial charge in [-0.1, -0.05) is 233 Å². The molecule has 1 aliphatic carbocycles. The van der Waals surface area contributed by atoms with E-state index in [0.717, 1.165) is 0 Å². The van der Waals surface area contributed by atoms with Crippen LogP contribution in [-0.4, -0.2) is 20.2 Å². The third-order valence-corrected chi connectivity index (χ3v) is 22.9. The molecule has 0 bridgehead atoms. The second-order valence-electron chi connectivity index (χ2n) is 37.1. The predicted octanol–water partition coefficient (Wildman–Crippen LogP) is 21.2. The second-order valence-corrected chi connectivity index (χ2v) is 37.1. The average molecular weight is 1190 g/mol. The van der Waals surface area contributed by atoms with E-state index < -0.39 is 5.41 Å². The summed E-state index contributed by atoms with van der Waals surface area (Å²) < 4.78 is 8.40. The number of hydrogen-bond acceptors (Lipinski definition) is 0. The SMILES string of the molecule is CC(C)(C)c1ccc2c(c1)C1(c3cc(C(C)(C)C)ccc3-2)c2ccc3c4c2-n2c5c(cc(C(C)(C)C)cc5c5cc(C(C)(C)C)cc1c52)B4c1cc2c(c4cc(C(C)(C)C)cc5c6c(C(C)(C)C)cc(C(C)(C)C)cc6n2c54)c2c4cc(C(C)(C)C)ccc4n-3c12. The van der Waals surface area contributed by atoms with Crippen molar-refractivity contribution in [2.75, 3.05) is 0 Å². The number of nitrogens with zero attached hydrogens (tertiary/aromatic N) is 3. The number of fused-ring (bicyclic) bond motifs is 21. The van der Waals surface area contributed by atoms with E-state index in [9.17, 15) is 0 Å². The first-order valence-corrected chi connectivity index (χ1v) is 34.2. The Hall–Kier alpha value is -7.56. The van der Waals surface area contributed by atoms with Crippen molar-refractivity contribution < 1.29 is 0 Å². The van der Waals surface area contributed by atoms with Crippen molar-refractivity contribution in [1.82, 2.24) is 13.5 Å². The summed E-state index contributed by atoms with van der Waals surface area (Å²) in [4.78, 5) is 0. The maximum Gasteiger partial charge on any atom is 0.252 e. The zero-order valence-electron chi connectivity index (χ0n) is 59.0. The van der Waals surface area contributed by atoms with Gasteiger partial charge in [-0.2, -0.15) is 0 Å². The van der Waals surface area contributed by atoms with E-state index in [0.29, 0.717) is 0 Å². The van der Waals surface area contributed by atoms with E-state index in [1.54, 1.807) is 0 Å². The van der Waals surface area contributed by atoms with Crippen LogP contribution in [0.3, 0.4) is 0 Å². The zero-order chi connectivity index (χ0) is 64.6. The highest BCUT2D eigenvalue weighted by Gasteiger charge is 2.56. The molecule has 13 aromatic rings. The van der Waals surface area contributed by atoms with Crippen molar-refractivity contribution in [3.05, 3.63) is 188 Å². The maximum atomic E-state index is 2.84. The van der Waals surface area contributed by atoms with Crippen molar-refractivity contribution in [2.24, 2.45) is 0 Å². The molecule has 0 N–H and O–H groups in total. The van der Waals surface area contributed by atoms with Crippen molar-refractivity contribution in [1.29, 1.82) is 0 Å². The summed E-state index contributed by atoms with van der Waals surface area (Å²) >= 11 is 0. The molecule has 0 amide bonds. The van der Waals surface area contributed by atoms with Crippen LogP contribution in [0.2, 0.25) is 0 Å². The van der Waals surface area contributed by atoms with Gasteiger partial charge < -0.3 is 13.5 Å². The van der Waals surface area contributed by atoms with E-state index in [2.05, 4.69) is 301 Å². The molecular weight excluding hydrogens is 1100 g/mol. The van der Waals surface area contributed by atoms with E-state index in [-0.39, 0.29) is 50.0 Å². The molecule has 3 aliphatic heterocycles. The minimum atomic E-state index is -0.651. The lowest BCUT2D eigenvalue weighted by Gasteiger charge is -2.45. The molecule has 7 heterocycles. The summed E-state index contributed by atoms with van der Waals surface area (Å²) in [6.45, 7) is 57.8. The van der Waals surface area contributed by atoms with Crippen LogP contribution in [0.4, 0.5) is 0 Å². The van der Waals surface area contributed by atoms with E-state index in [1.165, 1.54) is 187 Å². The van der Waals surface area contributed by atoms with E-state index >= 15 is 0 Å². The Morgan fingerprint density at radius 1 is 0.297 bits per heavy atom. The molecule has 0 fully saturated rings. The molecule has 9 aromatic carbocycles. The predicted molar refractivity (Wildman–Crippen MR) is 395 cm³/mol. The lowest BCUT2D eigenvalue weighted by molar-refractivity contribution is 0.573. The molecule has 4 aromatic heterocycles. The highest BCUT2D eigenvalue weighted by molar-refractivity contribution is 7.00. The highest BCUT2D eigenvalue weighted by Crippen LogP contribution is 2.64. The monoisotopic (exact) mass is 1190 g/mol. The molecule has 91 heavy (non-hydrogen) atoms. The molecule has 0 atom stereocenters. The van der Waals surface area contributed by atoms with Crippen LogP contribution in [0, 0.1) is 0 Å². The van der Waals surface area contributed by atoms with Gasteiger partial charge in [0.15, 0.2) is 0 Å². The molecule has 458 valence electrons. The minimum Gasteiger partial charge on any atom is -0.310 e. The summed E-state index contributed by atoms with van der Waals surface area (Å²) in [6, 6.07) is 51.8. The summed E-state index contributed by atoms with van der Waals surface area (Å²) in [6.07, 6.45) is 0. The van der Waals surface area contributed by atoms with Crippen molar-refractivity contribution >= 4 is 105 Å². The fraction of sp³-hybridized carbons (Fsp3) is 0.379. The topological polar surface area (TPSA) is 14.3 Å². The van der Waals surface area contributed by atoms with Crippen LogP contribution >= 0.6 is 0 Å². The zero-order valence-corrected chi connectivity index (χ0v) is 59.0. The van der Waals surface area contributed by atoms with Gasteiger partial charge in [0.05, 0.1) is 38.5 Å². The van der Waals surface area contributed by atoms with Crippen LogP contribution in [0.15, 0.2) is 121 Å². The highest BCUT2D eigenvalue weighted by atomic mass is 15.1. The van der Waals surface area contributed by atoms with Crippen LogP contribution in [0.5, 0.6) is 0 Å². The van der Waals surface area contributed by atoms with Crippen molar-refractivity contribution in [2.45, 2.75) is 215 Å². The molecule has 0 unspecified atom stereocenters. The van der Waals surface area contributed by atoms with Gasteiger partial charge >= 0.3 is 0 Å². The van der Waals surface area contributed by atoms with Crippen LogP contribution in [0.25, 0.3) is 104 Å². The molecule has 3 nitrogen and oxygen atoms in total. The number of benzene rings is 9. The Bertz CT molecular complexity index is 5460. The molecule has 4 aliphatic rings. The molecule has 0 saturated carbocycles. The Kier molecular flexibility index (Phi) is 10.6. The van der Waals surface area contributed by atoms with Gasteiger partial charge in [0.25, 0.3) is 6.71 Å². The smallest absolute Gasteiger partial charge is 0.252 e. The van der Waals surface area contributed by atoms with Gasteiger partial charge in [-0.15, -0.1) is 0 Å². The summed E-state index contributed by atoms with van der Waals surface area (Å²) in [5.74, 6) is 0. The summed E-state index contributed by atoms with van der Waals surface area (Å²) in [5, 5.41) is 11.0. The largest absolute Gasteiger partial charge is 0.310 e. The fourth-order valence-corrected chi connectivity index (χ4v) is 17.8. The maximum absolute atomic E-state index is 2.84. The van der Waals surface area contributed by atoms with Gasteiger partial charge in [-0.05, 0) is 192 Å². The fourth-order valence-electron chi connectivity index (χ4n) is 17.8. The Labute approximate surface area is 540 Å². The lowest BCUT2D eigenvalue weighted by Crippen LogP contribution is -2.60. The molecule has 0 radical (unpaired) electrons. The molecule has 17 rings (SSSR count). The Balaban J connectivity index is 1.15. The number of aromatic nitrogens is 3. The number of rotatable bonds is 0. The first-order chi connectivity index (χ1) is 42.2. The molecule has 1 spiro atoms. The van der Waals surface area contributed by atoms with E-state index in [4.69, 9.17) is 0 Å². The molecule has 4 heteroatoms. The molecular formula is C87H92BN3. The first-order valence-electron chi connectivity index (χ1n) is 34.2. The van der Waals surface area contributed by atoms with Gasteiger partial charge in [-0.25, -0.2) is 0 Å². The van der Waals surface area contributed by atoms with Crippen molar-refractivity contribution in [3.8, 4) is 22.5 Å². The normalized spacial score (nSPS) is 15.5. The van der Waals surface area contributed by atoms with Gasteiger partial charge in [0.1, 0.15) is 0 Å². The van der Waals surface area contributed by atoms with Crippen LogP contribution in [0.1, 0.15) is 233 Å². The van der Waals surface area contributed by atoms with Crippen LogP contribution < -0.4 is 16.4 Å². The Morgan fingerprint density at radius 3 is 1.31 bits per heavy atom. The van der Waals surface area contributed by atoms with E-state index in [1.807, 2.05) is 0 Å². The standard InChI is InChI=1S/C87H92BN3/c1-79(2,3)45-27-31-66-56(33-45)72-71-58-37-48(82(10,11)12)36-57-70-62(86(22,23)24)40-51(85(19,20)21)43-68(70)90(74(57)58)69(71)44-65-78(72)89(66)67-32-30-59-77-73(67)88(65)64-42-50(84(16,17)18)35-55-54-34-49(83(13,14)15)41-63(75(54)91(77)76(55)64)87(59)60-38-46(80(4,5)6)25-28-52(60)53-29-26-47(39-61(53)87)81(7,8)9/h25-44H,1-24H3. The van der Waals surface area contributed by atoms with Crippen LogP contribution in [-0.2, 0) is 48.7 Å². The molecule has 0 saturated heterocycles. The summed E-state index contributed by atoms with van der Waals surface area (Å²) in [5.41, 5.74) is 34.3. The van der Waals surface area contributed by atoms with Crippen molar-refractivity contribution in [3.63, 3.8) is 0 Å². The third kappa shape index (κ3) is 7.19. The quantitative estimate of drug-likeness (QED) is 0.134. The van der Waals surface area contributed by atoms with Gasteiger partial charge in [0.2, 0.25) is 0 Å². The first kappa shape index (κ1) is 57.4. The second kappa shape index (κ2) is 16.8. The van der Waals surface area contributed by atoms with Gasteiger partial charge in [-0.3, -0.25) is 0 Å². The van der Waals surface area contributed by atoms with Gasteiger partial charge in [0, 0.05) is 60.0 Å². The third-order valence-electron chi connectivity index (χ3n) is 22.9. The summed E-state index contributed by atoms with van der Waals surface area (Å²) in [7, 11) is 0. The Morgan fingerprint density at radius 2 is 0.747 bits per heavy atom. The lowest BCUT2D eigenvalue weighted by atomic mass is 9.33. The minimum absolute atomic E-state index is 0.0703. The number of hydrogen-bond donors (Lipinski definition) is 0. The average Bonchev–Trinajstić information content (AvgIpc) is 1.22.